The van der Waals surface area contributed by atoms with Crippen LogP contribution >= 0.6 is 11.3 Å². The minimum absolute atomic E-state index is 0.0111. The summed E-state index contributed by atoms with van der Waals surface area (Å²) in [4.78, 5) is 21.4. The number of alkyl halides is 3. The molecule has 1 aliphatic rings. The normalized spacial score (nSPS) is 15.4. The number of rotatable bonds is 6. The second-order valence-corrected chi connectivity index (χ2v) is 8.43. The molecule has 1 aliphatic carbocycles. The Morgan fingerprint density at radius 1 is 1.27 bits per heavy atom. The first-order chi connectivity index (χ1) is 14.2. The Labute approximate surface area is 174 Å². The molecule has 0 spiro atoms. The van der Waals surface area contributed by atoms with Crippen molar-refractivity contribution in [1.29, 1.82) is 0 Å². The molecule has 0 radical (unpaired) electrons. The fraction of sp³-hybridized carbons (Fsp3) is 0.400. The highest BCUT2D eigenvalue weighted by Crippen LogP contribution is 2.39. The molecule has 1 amide bonds. The van der Waals surface area contributed by atoms with E-state index in [0.29, 0.717) is 28.2 Å². The van der Waals surface area contributed by atoms with Crippen molar-refractivity contribution in [2.24, 2.45) is 5.92 Å². The van der Waals surface area contributed by atoms with Crippen LogP contribution in [-0.4, -0.2) is 21.0 Å². The van der Waals surface area contributed by atoms with Gasteiger partial charge in [-0.3, -0.25) is 4.79 Å². The van der Waals surface area contributed by atoms with E-state index in [9.17, 15) is 18.0 Å². The van der Waals surface area contributed by atoms with Gasteiger partial charge in [-0.2, -0.15) is 18.2 Å². The second-order valence-electron chi connectivity index (χ2n) is 7.58. The average molecular weight is 436 g/mol. The van der Waals surface area contributed by atoms with Crippen LogP contribution in [0.1, 0.15) is 66.4 Å². The standard InChI is InChI=1S/C20H19F3N4O2S/c1-10(2)15(18-26-16(27-29-18)11-6-7-11)25-17(28)14-9-30-19(24-14)12-4-3-5-13(8-12)20(21,22)23/h3-5,8-11,15H,6-7H2,1-2H3,(H,25,28). The van der Waals surface area contributed by atoms with Gasteiger partial charge in [0.05, 0.1) is 5.56 Å². The van der Waals surface area contributed by atoms with Gasteiger partial charge in [-0.15, -0.1) is 11.3 Å². The fourth-order valence-corrected chi connectivity index (χ4v) is 3.75. The van der Waals surface area contributed by atoms with E-state index in [1.165, 1.54) is 17.5 Å². The maximum absolute atomic E-state index is 13.0. The molecule has 0 saturated heterocycles. The van der Waals surface area contributed by atoms with E-state index >= 15 is 0 Å². The summed E-state index contributed by atoms with van der Waals surface area (Å²) in [6.07, 6.45) is -2.37. The number of halogens is 3. The zero-order chi connectivity index (χ0) is 21.5. The van der Waals surface area contributed by atoms with Gasteiger partial charge in [0.2, 0.25) is 5.89 Å². The van der Waals surface area contributed by atoms with Gasteiger partial charge in [-0.1, -0.05) is 31.1 Å². The molecule has 3 aromatic rings. The van der Waals surface area contributed by atoms with Gasteiger partial charge >= 0.3 is 6.18 Å². The number of carbonyl (C=O) groups is 1. The van der Waals surface area contributed by atoms with E-state index < -0.39 is 23.7 Å². The maximum Gasteiger partial charge on any atom is 0.416 e. The van der Waals surface area contributed by atoms with Crippen molar-refractivity contribution in [3.8, 4) is 10.6 Å². The first kappa shape index (κ1) is 20.5. The highest BCUT2D eigenvalue weighted by molar-refractivity contribution is 7.13. The minimum Gasteiger partial charge on any atom is -0.339 e. The van der Waals surface area contributed by atoms with Crippen LogP contribution in [0, 0.1) is 5.92 Å². The quantitative estimate of drug-likeness (QED) is 0.573. The van der Waals surface area contributed by atoms with Crippen molar-refractivity contribution in [1.82, 2.24) is 20.4 Å². The molecule has 1 atom stereocenters. The van der Waals surface area contributed by atoms with Crippen LogP contribution in [0.2, 0.25) is 0 Å². The molecule has 1 unspecified atom stereocenters. The smallest absolute Gasteiger partial charge is 0.339 e. The van der Waals surface area contributed by atoms with Crippen LogP contribution in [0.15, 0.2) is 34.2 Å². The molecule has 10 heteroatoms. The SMILES string of the molecule is CC(C)C(NC(=O)c1csc(-c2cccc(C(F)(F)F)c2)n1)c1nc(C2CC2)no1. The molecule has 1 aromatic carbocycles. The summed E-state index contributed by atoms with van der Waals surface area (Å²) in [5, 5.41) is 8.70. The minimum atomic E-state index is -4.44. The second kappa shape index (κ2) is 7.82. The number of amides is 1. The lowest BCUT2D eigenvalue weighted by Crippen LogP contribution is -2.32. The molecular formula is C20H19F3N4O2S. The van der Waals surface area contributed by atoms with Crippen molar-refractivity contribution in [3.63, 3.8) is 0 Å². The Balaban J connectivity index is 1.51. The summed E-state index contributed by atoms with van der Waals surface area (Å²) in [5.41, 5.74) is -0.329. The number of thiazole rings is 1. The van der Waals surface area contributed by atoms with Gasteiger partial charge in [0.25, 0.3) is 5.91 Å². The maximum atomic E-state index is 13.0. The Kier molecular flexibility index (Phi) is 5.35. The summed E-state index contributed by atoms with van der Waals surface area (Å²) in [6, 6.07) is 4.38. The zero-order valence-corrected chi connectivity index (χ0v) is 17.0. The van der Waals surface area contributed by atoms with Gasteiger partial charge in [-0.05, 0) is 30.9 Å². The molecule has 30 heavy (non-hydrogen) atoms. The summed E-state index contributed by atoms with van der Waals surface area (Å²) in [7, 11) is 0. The molecule has 1 saturated carbocycles. The predicted molar refractivity (Wildman–Crippen MR) is 104 cm³/mol. The third-order valence-electron chi connectivity index (χ3n) is 4.79. The summed E-state index contributed by atoms with van der Waals surface area (Å²) < 4.78 is 44.2. The van der Waals surface area contributed by atoms with Crippen molar-refractivity contribution in [2.75, 3.05) is 0 Å². The summed E-state index contributed by atoms with van der Waals surface area (Å²) in [6.45, 7) is 3.84. The molecule has 0 bridgehead atoms. The number of nitrogens with zero attached hydrogens (tertiary/aromatic N) is 3. The summed E-state index contributed by atoms with van der Waals surface area (Å²) in [5.74, 6) is 0.871. The van der Waals surface area contributed by atoms with Crippen LogP contribution in [0.5, 0.6) is 0 Å². The number of hydrogen-bond donors (Lipinski definition) is 1. The van der Waals surface area contributed by atoms with Crippen LogP contribution in [-0.2, 0) is 6.18 Å². The van der Waals surface area contributed by atoms with Gasteiger partial charge in [0, 0.05) is 16.9 Å². The van der Waals surface area contributed by atoms with E-state index in [0.717, 1.165) is 36.3 Å². The van der Waals surface area contributed by atoms with Gasteiger partial charge in [0.15, 0.2) is 5.82 Å². The lowest BCUT2D eigenvalue weighted by atomic mass is 10.0. The number of nitrogens with one attached hydrogen (secondary N) is 1. The number of hydrogen-bond acceptors (Lipinski definition) is 6. The Morgan fingerprint density at radius 2 is 2.03 bits per heavy atom. The van der Waals surface area contributed by atoms with Gasteiger partial charge in [-0.25, -0.2) is 4.98 Å². The lowest BCUT2D eigenvalue weighted by Gasteiger charge is -2.17. The molecule has 0 aliphatic heterocycles. The molecule has 2 aromatic heterocycles. The van der Waals surface area contributed by atoms with Crippen molar-refractivity contribution < 1.29 is 22.5 Å². The van der Waals surface area contributed by atoms with E-state index in [4.69, 9.17) is 4.52 Å². The van der Waals surface area contributed by atoms with Crippen LogP contribution in [0.4, 0.5) is 13.2 Å². The van der Waals surface area contributed by atoms with E-state index in [-0.39, 0.29) is 11.6 Å². The topological polar surface area (TPSA) is 80.9 Å². The molecule has 2 heterocycles. The lowest BCUT2D eigenvalue weighted by molar-refractivity contribution is -0.137. The van der Waals surface area contributed by atoms with E-state index in [1.54, 1.807) is 0 Å². The number of carbonyl (C=O) groups excluding carboxylic acids is 1. The molecule has 158 valence electrons. The Hall–Kier alpha value is -2.75. The first-order valence-electron chi connectivity index (χ1n) is 9.50. The zero-order valence-electron chi connectivity index (χ0n) is 16.2. The average Bonchev–Trinajstić information content (AvgIpc) is 3.23. The van der Waals surface area contributed by atoms with Crippen molar-refractivity contribution in [3.05, 3.63) is 52.6 Å². The van der Waals surface area contributed by atoms with Crippen molar-refractivity contribution >= 4 is 17.2 Å². The predicted octanol–water partition coefficient (Wildman–Crippen LogP) is 5.22. The number of aromatic nitrogens is 3. The molecule has 6 nitrogen and oxygen atoms in total. The van der Waals surface area contributed by atoms with Crippen LogP contribution in [0.3, 0.4) is 0 Å². The Morgan fingerprint density at radius 3 is 2.70 bits per heavy atom. The van der Waals surface area contributed by atoms with E-state index in [2.05, 4.69) is 20.4 Å². The monoisotopic (exact) mass is 436 g/mol. The van der Waals surface area contributed by atoms with Gasteiger partial charge < -0.3 is 9.84 Å². The fourth-order valence-electron chi connectivity index (χ4n) is 2.95. The number of benzene rings is 1. The highest BCUT2D eigenvalue weighted by atomic mass is 32.1. The molecule has 1 N–H and O–H groups in total. The molecule has 1 fully saturated rings. The highest BCUT2D eigenvalue weighted by Gasteiger charge is 2.32. The van der Waals surface area contributed by atoms with Gasteiger partial charge in [0.1, 0.15) is 16.7 Å². The first-order valence-corrected chi connectivity index (χ1v) is 10.4. The largest absolute Gasteiger partial charge is 0.416 e. The third kappa shape index (κ3) is 4.38. The third-order valence-corrected chi connectivity index (χ3v) is 5.68. The van der Waals surface area contributed by atoms with Crippen LogP contribution in [0.25, 0.3) is 10.6 Å². The molecular weight excluding hydrogens is 417 g/mol. The van der Waals surface area contributed by atoms with E-state index in [1.807, 2.05) is 13.8 Å². The Bertz CT molecular complexity index is 1060. The molecule has 4 rings (SSSR count). The van der Waals surface area contributed by atoms with Crippen molar-refractivity contribution in [2.45, 2.75) is 44.8 Å². The summed E-state index contributed by atoms with van der Waals surface area (Å²) >= 11 is 1.11. The van der Waals surface area contributed by atoms with Crippen LogP contribution < -0.4 is 5.32 Å².